The zero-order chi connectivity index (χ0) is 7.14. The predicted octanol–water partition coefficient (Wildman–Crippen LogP) is 1.72. The molecule has 0 N–H and O–H groups in total. The number of carbonyl (C=O) groups is 1. The summed E-state index contributed by atoms with van der Waals surface area (Å²) in [4.78, 5) is 11.1. The molecule has 0 heterocycles. The van der Waals surface area contributed by atoms with Crippen LogP contribution in [0.3, 0.4) is 0 Å². The number of thioether (sulfide) groups is 1. The third kappa shape index (κ3) is 0.815. The van der Waals surface area contributed by atoms with E-state index in [2.05, 4.69) is 6.26 Å². The first-order valence-electron chi connectivity index (χ1n) is 3.86. The van der Waals surface area contributed by atoms with Crippen LogP contribution in [0.15, 0.2) is 0 Å². The van der Waals surface area contributed by atoms with Crippen LogP contribution in [-0.2, 0) is 4.79 Å². The van der Waals surface area contributed by atoms with Gasteiger partial charge in [0.2, 0.25) is 0 Å². The van der Waals surface area contributed by atoms with E-state index in [1.807, 2.05) is 11.8 Å². The molecule has 2 fully saturated rings. The number of carbonyl (C=O) groups excluding carboxylic acids is 1. The lowest BCUT2D eigenvalue weighted by atomic mass is 9.99. The van der Waals surface area contributed by atoms with E-state index in [0.29, 0.717) is 11.7 Å². The Kier molecular flexibility index (Phi) is 1.52. The van der Waals surface area contributed by atoms with Gasteiger partial charge in [-0.1, -0.05) is 0 Å². The van der Waals surface area contributed by atoms with Crippen LogP contribution in [0.4, 0.5) is 0 Å². The van der Waals surface area contributed by atoms with Gasteiger partial charge < -0.3 is 0 Å². The van der Waals surface area contributed by atoms with Crippen molar-refractivity contribution in [3.8, 4) is 0 Å². The van der Waals surface area contributed by atoms with E-state index in [0.717, 1.165) is 17.6 Å². The van der Waals surface area contributed by atoms with Crippen molar-refractivity contribution in [2.45, 2.75) is 24.5 Å². The number of hydrogen-bond acceptors (Lipinski definition) is 2. The summed E-state index contributed by atoms with van der Waals surface area (Å²) in [6.45, 7) is 0. The molecular weight excluding hydrogens is 144 g/mol. The monoisotopic (exact) mass is 156 g/mol. The van der Waals surface area contributed by atoms with Crippen LogP contribution in [0.1, 0.15) is 19.3 Å². The number of fused-ring (bicyclic) bond motifs is 2. The molecule has 2 rings (SSSR count). The second kappa shape index (κ2) is 2.26. The second-order valence-corrected chi connectivity index (χ2v) is 4.45. The highest BCUT2D eigenvalue weighted by Crippen LogP contribution is 2.46. The van der Waals surface area contributed by atoms with Gasteiger partial charge >= 0.3 is 0 Å². The van der Waals surface area contributed by atoms with E-state index in [9.17, 15) is 4.79 Å². The van der Waals surface area contributed by atoms with E-state index in [4.69, 9.17) is 0 Å². The SMILES string of the molecule is CS[C@@H]1C[C@@H]2C[C@H]1CC2=O. The van der Waals surface area contributed by atoms with Gasteiger partial charge in [0, 0.05) is 17.6 Å². The molecule has 10 heavy (non-hydrogen) atoms. The largest absolute Gasteiger partial charge is 0.299 e. The Balaban J connectivity index is 2.09. The molecule has 0 aromatic rings. The number of Topliss-reactive ketones (excluding diaryl/α,β-unsaturated/α-hetero) is 1. The molecule has 0 saturated heterocycles. The summed E-state index contributed by atoms with van der Waals surface area (Å²) in [5.41, 5.74) is 0. The summed E-state index contributed by atoms with van der Waals surface area (Å²) >= 11 is 1.95. The molecule has 0 spiro atoms. The van der Waals surface area contributed by atoms with Crippen LogP contribution in [0.25, 0.3) is 0 Å². The summed E-state index contributed by atoms with van der Waals surface area (Å²) in [6.07, 6.45) is 5.42. The molecule has 3 atom stereocenters. The van der Waals surface area contributed by atoms with Gasteiger partial charge in [-0.05, 0) is 25.0 Å². The molecule has 0 aliphatic heterocycles. The van der Waals surface area contributed by atoms with E-state index in [-0.39, 0.29) is 0 Å². The van der Waals surface area contributed by atoms with Gasteiger partial charge in [-0.25, -0.2) is 0 Å². The molecule has 2 heteroatoms. The Labute approximate surface area is 65.6 Å². The number of hydrogen-bond donors (Lipinski definition) is 0. The first kappa shape index (κ1) is 6.71. The van der Waals surface area contributed by atoms with Crippen LogP contribution in [0, 0.1) is 11.8 Å². The molecule has 0 aromatic carbocycles. The predicted molar refractivity (Wildman–Crippen MR) is 43.1 cm³/mol. The Morgan fingerprint density at radius 1 is 1.50 bits per heavy atom. The van der Waals surface area contributed by atoms with Crippen molar-refractivity contribution in [2.24, 2.45) is 11.8 Å². The zero-order valence-corrected chi connectivity index (χ0v) is 6.99. The molecule has 0 unspecified atom stereocenters. The standard InChI is InChI=1S/C8H12OS/c1-10-8-4-5-2-6(8)3-7(5)9/h5-6,8H,2-4H2,1H3/t5-,6-,8+/m0/s1. The second-order valence-electron chi connectivity index (χ2n) is 3.37. The van der Waals surface area contributed by atoms with E-state index in [1.54, 1.807) is 0 Å². The minimum Gasteiger partial charge on any atom is -0.299 e. The van der Waals surface area contributed by atoms with Gasteiger partial charge in [-0.2, -0.15) is 11.8 Å². The quantitative estimate of drug-likeness (QED) is 0.575. The lowest BCUT2D eigenvalue weighted by molar-refractivity contribution is -0.121. The van der Waals surface area contributed by atoms with Crippen molar-refractivity contribution in [3.63, 3.8) is 0 Å². The highest BCUT2D eigenvalue weighted by atomic mass is 32.2. The molecule has 1 nitrogen and oxygen atoms in total. The molecule has 2 bridgehead atoms. The Bertz CT molecular complexity index is 167. The maximum Gasteiger partial charge on any atom is 0.136 e. The fourth-order valence-corrected chi connectivity index (χ4v) is 3.29. The fraction of sp³-hybridized carbons (Fsp3) is 0.875. The Morgan fingerprint density at radius 3 is 2.70 bits per heavy atom. The van der Waals surface area contributed by atoms with E-state index in [1.165, 1.54) is 12.8 Å². The van der Waals surface area contributed by atoms with Crippen LogP contribution < -0.4 is 0 Å². The summed E-state index contributed by atoms with van der Waals surface area (Å²) in [5, 5.41) is 0.808. The van der Waals surface area contributed by atoms with Crippen LogP contribution in [0.5, 0.6) is 0 Å². The molecule has 2 aliphatic carbocycles. The lowest BCUT2D eigenvalue weighted by Gasteiger charge is -2.17. The van der Waals surface area contributed by atoms with Crippen molar-refractivity contribution in [2.75, 3.05) is 6.26 Å². The fourth-order valence-electron chi connectivity index (χ4n) is 2.28. The first-order chi connectivity index (χ1) is 4.81. The zero-order valence-electron chi connectivity index (χ0n) is 6.17. The normalized spacial score (nSPS) is 44.9. The molecule has 0 aromatic heterocycles. The third-order valence-electron chi connectivity index (χ3n) is 2.85. The smallest absolute Gasteiger partial charge is 0.136 e. The van der Waals surface area contributed by atoms with Crippen molar-refractivity contribution >= 4 is 17.5 Å². The maximum atomic E-state index is 11.1. The van der Waals surface area contributed by atoms with Gasteiger partial charge in [0.1, 0.15) is 5.78 Å². The Hall–Kier alpha value is 0.0200. The third-order valence-corrected chi connectivity index (χ3v) is 4.03. The summed E-state index contributed by atoms with van der Waals surface area (Å²) in [5.74, 6) is 1.74. The maximum absolute atomic E-state index is 11.1. The van der Waals surface area contributed by atoms with Gasteiger partial charge in [-0.3, -0.25) is 4.79 Å². The highest BCUT2D eigenvalue weighted by molar-refractivity contribution is 7.99. The lowest BCUT2D eigenvalue weighted by Crippen LogP contribution is -2.18. The van der Waals surface area contributed by atoms with Crippen LogP contribution in [-0.4, -0.2) is 17.3 Å². The van der Waals surface area contributed by atoms with Gasteiger partial charge in [-0.15, -0.1) is 0 Å². The van der Waals surface area contributed by atoms with Gasteiger partial charge in [0.25, 0.3) is 0 Å². The topological polar surface area (TPSA) is 17.1 Å². The minimum atomic E-state index is 0.461. The van der Waals surface area contributed by atoms with Crippen molar-refractivity contribution < 1.29 is 4.79 Å². The van der Waals surface area contributed by atoms with Crippen molar-refractivity contribution in [1.82, 2.24) is 0 Å². The highest BCUT2D eigenvalue weighted by Gasteiger charge is 2.44. The Morgan fingerprint density at radius 2 is 2.30 bits per heavy atom. The average molecular weight is 156 g/mol. The number of rotatable bonds is 1. The van der Waals surface area contributed by atoms with E-state index < -0.39 is 0 Å². The molecule has 56 valence electrons. The molecule has 2 saturated carbocycles. The number of ketones is 1. The molecule has 0 radical (unpaired) electrons. The molecule has 2 aliphatic rings. The summed E-state index contributed by atoms with van der Waals surface area (Å²) in [6, 6.07) is 0. The summed E-state index contributed by atoms with van der Waals surface area (Å²) in [7, 11) is 0. The van der Waals surface area contributed by atoms with Crippen molar-refractivity contribution in [1.29, 1.82) is 0 Å². The molecular formula is C8H12OS. The van der Waals surface area contributed by atoms with Crippen LogP contribution in [0.2, 0.25) is 0 Å². The van der Waals surface area contributed by atoms with Gasteiger partial charge in [0.05, 0.1) is 0 Å². The summed E-state index contributed by atoms with van der Waals surface area (Å²) < 4.78 is 0. The first-order valence-corrected chi connectivity index (χ1v) is 5.15. The van der Waals surface area contributed by atoms with Crippen LogP contribution >= 0.6 is 11.8 Å². The van der Waals surface area contributed by atoms with E-state index >= 15 is 0 Å². The van der Waals surface area contributed by atoms with Crippen molar-refractivity contribution in [3.05, 3.63) is 0 Å². The minimum absolute atomic E-state index is 0.461. The molecule has 0 amide bonds. The van der Waals surface area contributed by atoms with Gasteiger partial charge in [0.15, 0.2) is 0 Å². The average Bonchev–Trinajstić information content (AvgIpc) is 2.44.